The van der Waals surface area contributed by atoms with Crippen molar-refractivity contribution in [1.82, 2.24) is 0 Å². The molecule has 76 valence electrons. The maximum Gasteiger partial charge on any atom is 0.128 e. The number of aromatic hydroxyl groups is 1. The number of benzene rings is 1. The van der Waals surface area contributed by atoms with Gasteiger partial charge in [-0.15, -0.1) is 0 Å². The van der Waals surface area contributed by atoms with Gasteiger partial charge in [-0.25, -0.2) is 4.39 Å². The summed E-state index contributed by atoms with van der Waals surface area (Å²) in [4.78, 5) is 0. The molecule has 0 heterocycles. The van der Waals surface area contributed by atoms with Gasteiger partial charge in [-0.1, -0.05) is 12.8 Å². The molecule has 1 aromatic rings. The molecule has 0 amide bonds. The van der Waals surface area contributed by atoms with Crippen molar-refractivity contribution in [3.8, 4) is 5.75 Å². The fourth-order valence-corrected chi connectivity index (χ4v) is 1.65. The Morgan fingerprint density at radius 3 is 2.86 bits per heavy atom. The van der Waals surface area contributed by atoms with E-state index in [1.165, 1.54) is 31.0 Å². The Labute approximate surface area is 82.5 Å². The smallest absolute Gasteiger partial charge is 0.128 e. The first kappa shape index (κ1) is 9.46. The highest BCUT2D eigenvalue weighted by Gasteiger charge is 2.25. The molecule has 0 bridgehead atoms. The second-order valence-electron chi connectivity index (χ2n) is 3.99. The first-order chi connectivity index (χ1) is 6.66. The molecule has 2 rings (SSSR count). The fourth-order valence-electron chi connectivity index (χ4n) is 1.65. The van der Waals surface area contributed by atoms with Gasteiger partial charge in [0.05, 0.1) is 0 Å². The van der Waals surface area contributed by atoms with Crippen molar-refractivity contribution in [2.45, 2.75) is 25.3 Å². The number of phenols is 1. The van der Waals surface area contributed by atoms with Crippen LogP contribution in [0.3, 0.4) is 0 Å². The molecule has 14 heavy (non-hydrogen) atoms. The zero-order valence-electron chi connectivity index (χ0n) is 7.91. The number of hydrogen-bond acceptors (Lipinski definition) is 2. The summed E-state index contributed by atoms with van der Waals surface area (Å²) < 4.78 is 13.3. The lowest BCUT2D eigenvalue weighted by Gasteiger charge is -2.12. The zero-order valence-corrected chi connectivity index (χ0v) is 7.91. The molecule has 0 aliphatic heterocycles. The maximum absolute atomic E-state index is 13.3. The van der Waals surface area contributed by atoms with Crippen LogP contribution in [0.25, 0.3) is 0 Å². The van der Waals surface area contributed by atoms with Crippen LogP contribution in [0.4, 0.5) is 4.39 Å². The summed E-state index contributed by atoms with van der Waals surface area (Å²) in [5.74, 6) is 0.412. The maximum atomic E-state index is 13.3. The summed E-state index contributed by atoms with van der Waals surface area (Å²) in [6.07, 6.45) is 3.22. The number of halogens is 1. The summed E-state index contributed by atoms with van der Waals surface area (Å²) in [6.45, 7) is 0. The van der Waals surface area contributed by atoms with Crippen molar-refractivity contribution in [3.05, 3.63) is 29.6 Å². The number of rotatable bonds is 3. The van der Waals surface area contributed by atoms with Crippen molar-refractivity contribution in [2.75, 3.05) is 0 Å². The van der Waals surface area contributed by atoms with Crippen LogP contribution in [0.1, 0.15) is 30.9 Å². The number of hydrogen-bond donors (Lipinski definition) is 2. The second-order valence-corrected chi connectivity index (χ2v) is 3.99. The summed E-state index contributed by atoms with van der Waals surface area (Å²) in [5, 5.41) is 9.21. The Morgan fingerprint density at radius 2 is 2.21 bits per heavy atom. The molecule has 0 aromatic heterocycles. The van der Waals surface area contributed by atoms with Gasteiger partial charge < -0.3 is 10.8 Å². The van der Waals surface area contributed by atoms with E-state index in [1.54, 1.807) is 0 Å². The van der Waals surface area contributed by atoms with Gasteiger partial charge in [0.1, 0.15) is 11.6 Å². The monoisotopic (exact) mass is 195 g/mol. The summed E-state index contributed by atoms with van der Waals surface area (Å²) in [5.41, 5.74) is 6.28. The average Bonchev–Trinajstić information content (AvgIpc) is 2.93. The van der Waals surface area contributed by atoms with Crippen molar-refractivity contribution in [1.29, 1.82) is 0 Å². The molecule has 2 nitrogen and oxygen atoms in total. The topological polar surface area (TPSA) is 46.2 Å². The quantitative estimate of drug-likeness (QED) is 0.777. The highest BCUT2D eigenvalue weighted by molar-refractivity contribution is 5.30. The van der Waals surface area contributed by atoms with E-state index in [2.05, 4.69) is 0 Å². The van der Waals surface area contributed by atoms with Crippen LogP contribution in [0.15, 0.2) is 18.2 Å². The van der Waals surface area contributed by atoms with Gasteiger partial charge in [0.25, 0.3) is 0 Å². The highest BCUT2D eigenvalue weighted by Crippen LogP contribution is 2.37. The molecule has 1 saturated carbocycles. The SMILES string of the molecule is NC(CC1CC1)c1cc(O)ccc1F. The van der Waals surface area contributed by atoms with Gasteiger partial charge in [0, 0.05) is 11.6 Å². The molecular weight excluding hydrogens is 181 g/mol. The average molecular weight is 195 g/mol. The van der Waals surface area contributed by atoms with E-state index in [1.807, 2.05) is 0 Å². The molecular formula is C11H14FNO. The third-order valence-electron chi connectivity index (χ3n) is 2.66. The van der Waals surface area contributed by atoms with Crippen LogP contribution in [0, 0.1) is 11.7 Å². The predicted molar refractivity (Wildman–Crippen MR) is 52.3 cm³/mol. The van der Waals surface area contributed by atoms with Crippen molar-refractivity contribution >= 4 is 0 Å². The molecule has 1 fully saturated rings. The summed E-state index contributed by atoms with van der Waals surface area (Å²) in [7, 11) is 0. The minimum atomic E-state index is -0.323. The number of phenolic OH excluding ortho intramolecular Hbond substituents is 1. The largest absolute Gasteiger partial charge is 0.508 e. The van der Waals surface area contributed by atoms with Crippen LogP contribution in [0.2, 0.25) is 0 Å². The van der Waals surface area contributed by atoms with Gasteiger partial charge in [0.15, 0.2) is 0 Å². The molecule has 3 N–H and O–H groups in total. The van der Waals surface area contributed by atoms with Crippen LogP contribution >= 0.6 is 0 Å². The lowest BCUT2D eigenvalue weighted by molar-refractivity contribution is 0.467. The van der Waals surface area contributed by atoms with Crippen LogP contribution < -0.4 is 5.73 Å². The summed E-state index contributed by atoms with van der Waals surface area (Å²) in [6, 6.07) is 3.73. The molecule has 1 atom stereocenters. The molecule has 1 aromatic carbocycles. The van der Waals surface area contributed by atoms with Gasteiger partial charge in [-0.2, -0.15) is 0 Å². The van der Waals surface area contributed by atoms with Crippen LogP contribution in [-0.2, 0) is 0 Å². The first-order valence-corrected chi connectivity index (χ1v) is 4.91. The third-order valence-corrected chi connectivity index (χ3v) is 2.66. The van der Waals surface area contributed by atoms with E-state index in [4.69, 9.17) is 5.73 Å². The van der Waals surface area contributed by atoms with E-state index in [0.717, 1.165) is 6.42 Å². The van der Waals surface area contributed by atoms with E-state index >= 15 is 0 Å². The molecule has 1 aliphatic rings. The third kappa shape index (κ3) is 2.04. The molecule has 1 aliphatic carbocycles. The van der Waals surface area contributed by atoms with Crippen molar-refractivity contribution < 1.29 is 9.50 Å². The van der Waals surface area contributed by atoms with Gasteiger partial charge in [0.2, 0.25) is 0 Å². The van der Waals surface area contributed by atoms with Gasteiger partial charge in [-0.3, -0.25) is 0 Å². The van der Waals surface area contributed by atoms with E-state index in [9.17, 15) is 9.50 Å². The zero-order chi connectivity index (χ0) is 10.1. The Balaban J connectivity index is 2.15. The minimum absolute atomic E-state index is 0.0765. The summed E-state index contributed by atoms with van der Waals surface area (Å²) >= 11 is 0. The molecule has 0 radical (unpaired) electrons. The normalized spacial score (nSPS) is 18.1. The lowest BCUT2D eigenvalue weighted by atomic mass is 10.0. The Morgan fingerprint density at radius 1 is 1.50 bits per heavy atom. The fraction of sp³-hybridized carbons (Fsp3) is 0.455. The van der Waals surface area contributed by atoms with E-state index in [0.29, 0.717) is 11.5 Å². The Bertz CT molecular complexity index is 336. The van der Waals surface area contributed by atoms with Gasteiger partial charge in [-0.05, 0) is 30.5 Å². The second kappa shape index (κ2) is 3.58. The van der Waals surface area contributed by atoms with E-state index < -0.39 is 0 Å². The Hall–Kier alpha value is -1.09. The van der Waals surface area contributed by atoms with Crippen molar-refractivity contribution in [3.63, 3.8) is 0 Å². The molecule has 1 unspecified atom stereocenters. The van der Waals surface area contributed by atoms with E-state index in [-0.39, 0.29) is 17.6 Å². The predicted octanol–water partition coefficient (Wildman–Crippen LogP) is 2.33. The van der Waals surface area contributed by atoms with Crippen molar-refractivity contribution in [2.24, 2.45) is 11.7 Å². The van der Waals surface area contributed by atoms with Crippen LogP contribution in [-0.4, -0.2) is 5.11 Å². The highest BCUT2D eigenvalue weighted by atomic mass is 19.1. The Kier molecular flexibility index (Phi) is 2.42. The molecule has 3 heteroatoms. The number of nitrogens with two attached hydrogens (primary N) is 1. The molecule has 0 spiro atoms. The standard InChI is InChI=1S/C11H14FNO/c12-10-4-3-8(14)6-9(10)11(13)5-7-1-2-7/h3-4,6-7,11,14H,1-2,5,13H2. The lowest BCUT2D eigenvalue weighted by Crippen LogP contribution is -2.12. The van der Waals surface area contributed by atoms with Crippen LogP contribution in [0.5, 0.6) is 5.75 Å². The minimum Gasteiger partial charge on any atom is -0.508 e. The molecule has 0 saturated heterocycles. The first-order valence-electron chi connectivity index (χ1n) is 4.91. The van der Waals surface area contributed by atoms with Gasteiger partial charge >= 0.3 is 0 Å².